The van der Waals surface area contributed by atoms with Crippen LogP contribution in [0.5, 0.6) is 11.5 Å². The zero-order valence-electron chi connectivity index (χ0n) is 37.8. The van der Waals surface area contributed by atoms with Crippen molar-refractivity contribution in [2.75, 3.05) is 86.8 Å². The van der Waals surface area contributed by atoms with Crippen molar-refractivity contribution in [1.29, 1.82) is 0 Å². The number of carbonyl (C=O) groups excluding carboxylic acids is 4. The van der Waals surface area contributed by atoms with Crippen molar-refractivity contribution < 1.29 is 87.6 Å². The minimum Gasteiger partial charge on any atom is -0.493 e. The van der Waals surface area contributed by atoms with Crippen LogP contribution in [0.4, 0.5) is 9.59 Å². The normalized spacial score (nSPS) is 13.7. The SMILES string of the molecule is COCCCOc1cc(CC(CC(NC(=O)OCCOCCON(O)O)C(CC(C(=O)NCC(C)(C)C(N)=O)C(C)C)OC(=O)OCCOCCON(O)O)C(C)C)ccc1OC. The molecule has 23 nitrogen and oxygen atoms in total. The van der Waals surface area contributed by atoms with Crippen molar-refractivity contribution in [1.82, 2.24) is 21.4 Å². The summed E-state index contributed by atoms with van der Waals surface area (Å²) in [7, 11) is 3.16. The number of rotatable bonds is 35. The van der Waals surface area contributed by atoms with Crippen LogP contribution in [0, 0.1) is 29.1 Å². The minimum atomic E-state index is -1.19. The van der Waals surface area contributed by atoms with Gasteiger partial charge in [-0.2, -0.15) is 0 Å². The van der Waals surface area contributed by atoms with Gasteiger partial charge in [0.15, 0.2) is 11.5 Å². The van der Waals surface area contributed by atoms with Gasteiger partial charge in [-0.1, -0.05) is 33.8 Å². The lowest BCUT2D eigenvalue weighted by Gasteiger charge is -2.34. The van der Waals surface area contributed by atoms with Gasteiger partial charge in [-0.3, -0.25) is 30.4 Å². The molecule has 0 saturated heterocycles. The van der Waals surface area contributed by atoms with Gasteiger partial charge in [0.25, 0.3) is 0 Å². The monoisotopic (exact) mass is 909 g/mol. The summed E-state index contributed by atoms with van der Waals surface area (Å²) in [5, 5.41) is 39.4. The fourth-order valence-corrected chi connectivity index (χ4v) is 5.91. The van der Waals surface area contributed by atoms with Crippen LogP contribution >= 0.6 is 0 Å². The van der Waals surface area contributed by atoms with E-state index in [2.05, 4.69) is 20.3 Å². The molecule has 0 aliphatic heterocycles. The van der Waals surface area contributed by atoms with Gasteiger partial charge < -0.3 is 54.3 Å². The predicted octanol–water partition coefficient (Wildman–Crippen LogP) is 3.28. The predicted molar refractivity (Wildman–Crippen MR) is 219 cm³/mol. The number of carbonyl (C=O) groups is 4. The van der Waals surface area contributed by atoms with Gasteiger partial charge in [-0.25, -0.2) is 19.3 Å². The smallest absolute Gasteiger partial charge is 0.493 e. The van der Waals surface area contributed by atoms with E-state index in [-0.39, 0.29) is 90.0 Å². The van der Waals surface area contributed by atoms with Crippen molar-refractivity contribution in [3.63, 3.8) is 0 Å². The molecule has 0 heterocycles. The highest BCUT2D eigenvalue weighted by molar-refractivity contribution is 5.83. The van der Waals surface area contributed by atoms with Crippen molar-refractivity contribution in [3.05, 3.63) is 23.8 Å². The summed E-state index contributed by atoms with van der Waals surface area (Å²) < 4.78 is 44.0. The molecular weight excluding hydrogens is 838 g/mol. The first kappa shape index (κ1) is 56.9. The number of nitrogens with zero attached hydrogens (tertiary/aromatic N) is 2. The number of ether oxygens (including phenoxy) is 8. The van der Waals surface area contributed by atoms with Crippen molar-refractivity contribution in [2.24, 2.45) is 34.8 Å². The summed E-state index contributed by atoms with van der Waals surface area (Å²) in [4.78, 5) is 61.6. The number of alkyl carbamates (subject to hydrolysis) is 1. The Kier molecular flexibility index (Phi) is 28.6. The maximum atomic E-state index is 13.8. The van der Waals surface area contributed by atoms with E-state index in [1.165, 1.54) is 0 Å². The Morgan fingerprint density at radius 3 is 1.90 bits per heavy atom. The van der Waals surface area contributed by atoms with Crippen LogP contribution in [0.2, 0.25) is 0 Å². The zero-order valence-corrected chi connectivity index (χ0v) is 37.8. The number of hydrogen-bond acceptors (Lipinski definition) is 20. The summed E-state index contributed by atoms with van der Waals surface area (Å²) in [6.07, 6.45) is -1.94. The highest BCUT2D eigenvalue weighted by Gasteiger charge is 2.37. The molecule has 0 bridgehead atoms. The Bertz CT molecular complexity index is 1450. The van der Waals surface area contributed by atoms with Crippen LogP contribution in [-0.4, -0.2) is 155 Å². The molecule has 23 heteroatoms. The van der Waals surface area contributed by atoms with E-state index in [0.29, 0.717) is 37.6 Å². The Morgan fingerprint density at radius 1 is 0.762 bits per heavy atom. The van der Waals surface area contributed by atoms with E-state index >= 15 is 0 Å². The van der Waals surface area contributed by atoms with Crippen LogP contribution in [0.1, 0.15) is 66.4 Å². The summed E-state index contributed by atoms with van der Waals surface area (Å²) in [5.41, 5.74) is 5.39. The van der Waals surface area contributed by atoms with Crippen LogP contribution in [0.3, 0.4) is 0 Å². The van der Waals surface area contributed by atoms with Gasteiger partial charge in [0.05, 0.1) is 75.6 Å². The van der Waals surface area contributed by atoms with Gasteiger partial charge >= 0.3 is 12.2 Å². The summed E-state index contributed by atoms with van der Waals surface area (Å²) in [6.45, 7) is 10.5. The number of nitrogens with two attached hydrogens (primary N) is 1. The number of amides is 3. The third-order valence-corrected chi connectivity index (χ3v) is 9.75. The molecule has 3 amide bonds. The molecule has 0 fully saturated rings. The maximum Gasteiger partial charge on any atom is 0.508 e. The average Bonchev–Trinajstić information content (AvgIpc) is 3.21. The molecule has 63 heavy (non-hydrogen) atoms. The standard InChI is InChI=1S/C40H71N5O18/c1-27(2)30(22-29-10-11-33(55-8)35(23-29)58-13-9-12-54-7)24-32(43-38(48)59-18-14-56-16-20-61-44(50)51)34(63-39(49)60-19-15-57-17-21-62-45(52)53)25-31(28(3)4)36(46)42-26-40(5,6)37(41)47/h10-11,23,27-28,30-32,34,50-53H,9,12-22,24-26H2,1-8H3,(H2,41,47)(H,42,46)(H,43,48). The summed E-state index contributed by atoms with van der Waals surface area (Å²) >= 11 is 0. The molecule has 1 rings (SSSR count). The molecule has 1 aromatic carbocycles. The number of benzene rings is 1. The molecule has 0 saturated carbocycles. The lowest BCUT2D eigenvalue weighted by atomic mass is 9.80. The van der Waals surface area contributed by atoms with Crippen molar-refractivity contribution in [3.8, 4) is 11.5 Å². The molecule has 1 aromatic rings. The molecule has 0 aliphatic carbocycles. The van der Waals surface area contributed by atoms with E-state index in [9.17, 15) is 19.2 Å². The molecule has 0 spiro atoms. The van der Waals surface area contributed by atoms with Crippen LogP contribution in [0.15, 0.2) is 18.2 Å². The molecule has 8 N–H and O–H groups in total. The molecule has 0 aliphatic rings. The van der Waals surface area contributed by atoms with Crippen LogP contribution in [-0.2, 0) is 54.1 Å². The molecule has 364 valence electrons. The zero-order chi connectivity index (χ0) is 47.4. The summed E-state index contributed by atoms with van der Waals surface area (Å²) in [5.74, 6) is -1.28. The Hall–Kier alpha value is -4.14. The molecule has 0 radical (unpaired) electrons. The van der Waals surface area contributed by atoms with Crippen LogP contribution in [0.25, 0.3) is 0 Å². The largest absolute Gasteiger partial charge is 0.508 e. The fraction of sp³-hybridized carbons (Fsp3) is 0.750. The van der Waals surface area contributed by atoms with Crippen LogP contribution < -0.4 is 25.8 Å². The van der Waals surface area contributed by atoms with Crippen molar-refractivity contribution >= 4 is 24.1 Å². The number of methoxy groups -OCH3 is 2. The van der Waals surface area contributed by atoms with Gasteiger partial charge in [0.2, 0.25) is 11.8 Å². The van der Waals surface area contributed by atoms with E-state index in [1.54, 1.807) is 34.1 Å². The Morgan fingerprint density at radius 2 is 1.37 bits per heavy atom. The Labute approximate surface area is 368 Å². The third kappa shape index (κ3) is 25.1. The average molecular weight is 910 g/mol. The second kappa shape index (κ2) is 31.7. The molecule has 4 atom stereocenters. The second-order valence-electron chi connectivity index (χ2n) is 15.7. The maximum absolute atomic E-state index is 13.8. The highest BCUT2D eigenvalue weighted by Crippen LogP contribution is 2.33. The first-order valence-electron chi connectivity index (χ1n) is 20.7. The number of primary amides is 1. The third-order valence-electron chi connectivity index (χ3n) is 9.75. The summed E-state index contributed by atoms with van der Waals surface area (Å²) in [6, 6.07) is 4.63. The van der Waals surface area contributed by atoms with E-state index in [1.807, 2.05) is 39.8 Å². The van der Waals surface area contributed by atoms with Crippen molar-refractivity contribution in [2.45, 2.75) is 79.4 Å². The topological polar surface area (TPSA) is 298 Å². The van der Waals surface area contributed by atoms with Gasteiger partial charge in [0, 0.05) is 32.6 Å². The Balaban J connectivity index is 3.55. The fourth-order valence-electron chi connectivity index (χ4n) is 5.91. The molecule has 0 aromatic heterocycles. The second-order valence-corrected chi connectivity index (χ2v) is 15.7. The number of hydrogen-bond donors (Lipinski definition) is 7. The molecule has 4 unspecified atom stereocenters. The number of nitrogens with one attached hydrogen (secondary N) is 2. The minimum absolute atomic E-state index is 0.000536. The van der Waals surface area contributed by atoms with E-state index in [0.717, 1.165) is 5.56 Å². The van der Waals surface area contributed by atoms with Gasteiger partial charge in [-0.05, 0) is 68.6 Å². The van der Waals surface area contributed by atoms with Gasteiger partial charge in [-0.15, -0.1) is 0 Å². The first-order chi connectivity index (χ1) is 29.8. The van der Waals surface area contributed by atoms with E-state index < -0.39 is 58.3 Å². The lowest BCUT2D eigenvalue weighted by Crippen LogP contribution is -2.50. The van der Waals surface area contributed by atoms with E-state index in [4.69, 9.17) is 64.5 Å². The first-order valence-corrected chi connectivity index (χ1v) is 20.7. The highest BCUT2D eigenvalue weighted by atomic mass is 17.1. The molecular formula is C40H71N5O18. The van der Waals surface area contributed by atoms with Gasteiger partial charge in [0.1, 0.15) is 19.3 Å². The lowest BCUT2D eigenvalue weighted by molar-refractivity contribution is -0.493. The quantitative estimate of drug-likeness (QED) is 0.0292.